The van der Waals surface area contributed by atoms with Crippen molar-refractivity contribution in [2.45, 2.75) is 39.2 Å². The molecular formula is C12H21N3. The Hall–Kier alpha value is -1.22. The van der Waals surface area contributed by atoms with Crippen LogP contribution in [0.15, 0.2) is 12.1 Å². The van der Waals surface area contributed by atoms with Gasteiger partial charge < -0.3 is 17.2 Å². The minimum atomic E-state index is 0.471. The molecule has 0 unspecified atom stereocenters. The molecule has 0 aliphatic carbocycles. The molecule has 3 nitrogen and oxygen atoms in total. The molecule has 0 atom stereocenters. The van der Waals surface area contributed by atoms with Crippen LogP contribution in [0.1, 0.15) is 37.3 Å². The second-order valence-electron chi connectivity index (χ2n) is 3.86. The Kier molecular flexibility index (Phi) is 4.43. The molecule has 3 heteroatoms. The first-order valence-corrected chi connectivity index (χ1v) is 5.56. The molecule has 0 fully saturated rings. The number of nitrogens with two attached hydrogens (primary N) is 3. The lowest BCUT2D eigenvalue weighted by molar-refractivity contribution is 0.714. The van der Waals surface area contributed by atoms with E-state index in [2.05, 4.69) is 6.92 Å². The molecule has 0 aromatic heterocycles. The van der Waals surface area contributed by atoms with Crippen molar-refractivity contribution in [2.24, 2.45) is 5.73 Å². The summed E-state index contributed by atoms with van der Waals surface area (Å²) in [6, 6.07) is 3.70. The fourth-order valence-electron chi connectivity index (χ4n) is 1.82. The van der Waals surface area contributed by atoms with Crippen LogP contribution in [0.5, 0.6) is 0 Å². The molecule has 6 N–H and O–H groups in total. The van der Waals surface area contributed by atoms with E-state index in [0.29, 0.717) is 6.54 Å². The monoisotopic (exact) mass is 207 g/mol. The zero-order valence-corrected chi connectivity index (χ0v) is 9.42. The number of rotatable bonds is 5. The number of hydrogen-bond donors (Lipinski definition) is 3. The number of unbranched alkanes of at least 4 members (excludes halogenated alkanes) is 2. The summed E-state index contributed by atoms with van der Waals surface area (Å²) < 4.78 is 0. The van der Waals surface area contributed by atoms with E-state index in [9.17, 15) is 0 Å². The number of anilines is 2. The highest BCUT2D eigenvalue weighted by atomic mass is 14.6. The zero-order chi connectivity index (χ0) is 11.3. The van der Waals surface area contributed by atoms with E-state index in [1.54, 1.807) is 0 Å². The van der Waals surface area contributed by atoms with Gasteiger partial charge in [0.2, 0.25) is 0 Å². The molecule has 0 saturated heterocycles. The van der Waals surface area contributed by atoms with Gasteiger partial charge in [-0.25, -0.2) is 0 Å². The maximum Gasteiger partial charge on any atom is 0.0363 e. The molecule has 0 bridgehead atoms. The van der Waals surface area contributed by atoms with E-state index < -0.39 is 0 Å². The molecule has 0 aliphatic rings. The predicted molar refractivity (Wildman–Crippen MR) is 66.4 cm³/mol. The summed E-state index contributed by atoms with van der Waals surface area (Å²) in [5.74, 6) is 0. The van der Waals surface area contributed by atoms with Crippen LogP contribution in [0.3, 0.4) is 0 Å². The molecular weight excluding hydrogens is 186 g/mol. The first-order valence-electron chi connectivity index (χ1n) is 5.56. The van der Waals surface area contributed by atoms with E-state index in [-0.39, 0.29) is 0 Å². The quantitative estimate of drug-likeness (QED) is 0.510. The lowest BCUT2D eigenvalue weighted by atomic mass is 9.98. The van der Waals surface area contributed by atoms with Crippen molar-refractivity contribution in [3.05, 3.63) is 23.3 Å². The second kappa shape index (κ2) is 5.61. The van der Waals surface area contributed by atoms with Crippen molar-refractivity contribution in [3.63, 3.8) is 0 Å². The van der Waals surface area contributed by atoms with Crippen molar-refractivity contribution in [2.75, 3.05) is 11.5 Å². The second-order valence-corrected chi connectivity index (χ2v) is 3.86. The van der Waals surface area contributed by atoms with Crippen LogP contribution in [0, 0.1) is 0 Å². The van der Waals surface area contributed by atoms with Gasteiger partial charge in [-0.15, -0.1) is 0 Å². The van der Waals surface area contributed by atoms with E-state index in [4.69, 9.17) is 17.2 Å². The number of nitrogen functional groups attached to an aromatic ring is 2. The molecule has 1 rings (SSSR count). The van der Waals surface area contributed by atoms with E-state index in [1.807, 2.05) is 12.1 Å². The standard InChI is InChI=1S/C12H21N3/c1-2-3-4-5-9-10(8-13)12(15)7-6-11(9)14/h6-7H,2-5,8,13-15H2,1H3. The highest BCUT2D eigenvalue weighted by molar-refractivity contribution is 5.61. The molecule has 1 aromatic carbocycles. The van der Waals surface area contributed by atoms with Crippen molar-refractivity contribution in [3.8, 4) is 0 Å². The first kappa shape index (κ1) is 11.9. The van der Waals surface area contributed by atoms with E-state index in [1.165, 1.54) is 12.8 Å². The smallest absolute Gasteiger partial charge is 0.0363 e. The van der Waals surface area contributed by atoms with Gasteiger partial charge in [0.1, 0.15) is 0 Å². The third-order valence-corrected chi connectivity index (χ3v) is 2.74. The van der Waals surface area contributed by atoms with Crippen LogP contribution in [0.25, 0.3) is 0 Å². The third kappa shape index (κ3) is 2.86. The molecule has 15 heavy (non-hydrogen) atoms. The first-order chi connectivity index (χ1) is 7.20. The topological polar surface area (TPSA) is 78.1 Å². The van der Waals surface area contributed by atoms with Crippen molar-refractivity contribution >= 4 is 11.4 Å². The van der Waals surface area contributed by atoms with Crippen molar-refractivity contribution < 1.29 is 0 Å². The van der Waals surface area contributed by atoms with Gasteiger partial charge in [0.25, 0.3) is 0 Å². The van der Waals surface area contributed by atoms with Gasteiger partial charge in [0.15, 0.2) is 0 Å². The Balaban J connectivity index is 2.87. The van der Waals surface area contributed by atoms with E-state index in [0.717, 1.165) is 35.3 Å². The minimum Gasteiger partial charge on any atom is -0.398 e. The lowest BCUT2D eigenvalue weighted by Gasteiger charge is -2.13. The van der Waals surface area contributed by atoms with Gasteiger partial charge in [-0.2, -0.15) is 0 Å². The lowest BCUT2D eigenvalue weighted by Crippen LogP contribution is -2.08. The predicted octanol–water partition coefficient (Wildman–Crippen LogP) is 2.04. The Morgan fingerprint density at radius 3 is 2.13 bits per heavy atom. The van der Waals surface area contributed by atoms with Gasteiger partial charge >= 0.3 is 0 Å². The average Bonchev–Trinajstić information content (AvgIpc) is 2.23. The van der Waals surface area contributed by atoms with Crippen LogP contribution in [0.4, 0.5) is 11.4 Å². The fourth-order valence-corrected chi connectivity index (χ4v) is 1.82. The van der Waals surface area contributed by atoms with Gasteiger partial charge in [-0.3, -0.25) is 0 Å². The number of hydrogen-bond acceptors (Lipinski definition) is 3. The van der Waals surface area contributed by atoms with Crippen LogP contribution < -0.4 is 17.2 Å². The summed E-state index contributed by atoms with van der Waals surface area (Å²) in [4.78, 5) is 0. The normalized spacial score (nSPS) is 10.5. The Bertz CT molecular complexity index is 321. The summed E-state index contributed by atoms with van der Waals surface area (Å²) in [6.07, 6.45) is 4.56. The van der Waals surface area contributed by atoms with Gasteiger partial charge in [-0.1, -0.05) is 19.8 Å². The van der Waals surface area contributed by atoms with E-state index >= 15 is 0 Å². The Labute approximate surface area is 91.6 Å². The summed E-state index contributed by atoms with van der Waals surface area (Å²) in [7, 11) is 0. The van der Waals surface area contributed by atoms with Crippen molar-refractivity contribution in [1.29, 1.82) is 0 Å². The Morgan fingerprint density at radius 2 is 1.60 bits per heavy atom. The van der Waals surface area contributed by atoms with Gasteiger partial charge in [-0.05, 0) is 36.1 Å². The molecule has 0 heterocycles. The SMILES string of the molecule is CCCCCc1c(N)ccc(N)c1CN. The maximum absolute atomic E-state index is 5.94. The maximum atomic E-state index is 5.94. The van der Waals surface area contributed by atoms with Crippen LogP contribution >= 0.6 is 0 Å². The number of benzene rings is 1. The zero-order valence-electron chi connectivity index (χ0n) is 9.42. The molecule has 1 aromatic rings. The molecule has 0 saturated carbocycles. The fraction of sp³-hybridized carbons (Fsp3) is 0.500. The van der Waals surface area contributed by atoms with Crippen LogP contribution in [0.2, 0.25) is 0 Å². The summed E-state index contributed by atoms with van der Waals surface area (Å²) in [5, 5.41) is 0. The molecule has 84 valence electrons. The van der Waals surface area contributed by atoms with Gasteiger partial charge in [0.05, 0.1) is 0 Å². The van der Waals surface area contributed by atoms with Crippen molar-refractivity contribution in [1.82, 2.24) is 0 Å². The van der Waals surface area contributed by atoms with Crippen LogP contribution in [-0.4, -0.2) is 0 Å². The molecule has 0 radical (unpaired) electrons. The summed E-state index contributed by atoms with van der Waals surface area (Å²) in [5.41, 5.74) is 21.2. The van der Waals surface area contributed by atoms with Gasteiger partial charge in [0, 0.05) is 17.9 Å². The molecule has 0 spiro atoms. The van der Waals surface area contributed by atoms with Crippen LogP contribution in [-0.2, 0) is 13.0 Å². The highest BCUT2D eigenvalue weighted by Gasteiger charge is 2.08. The third-order valence-electron chi connectivity index (χ3n) is 2.74. The Morgan fingerprint density at radius 1 is 1.00 bits per heavy atom. The minimum absolute atomic E-state index is 0.471. The molecule has 0 aliphatic heterocycles. The highest BCUT2D eigenvalue weighted by Crippen LogP contribution is 2.24. The summed E-state index contributed by atoms with van der Waals surface area (Å²) in [6.45, 7) is 2.66. The largest absolute Gasteiger partial charge is 0.398 e. The summed E-state index contributed by atoms with van der Waals surface area (Å²) >= 11 is 0. The average molecular weight is 207 g/mol. The molecule has 0 amide bonds.